The average Bonchev–Trinajstić information content (AvgIpc) is 3.38. The molecular formula is C21H22F2N4O2S. The van der Waals surface area contributed by atoms with Crippen molar-refractivity contribution in [2.75, 3.05) is 11.4 Å². The molecule has 6 nitrogen and oxygen atoms in total. The van der Waals surface area contributed by atoms with Crippen molar-refractivity contribution in [1.29, 1.82) is 0 Å². The molecule has 0 aliphatic carbocycles. The summed E-state index contributed by atoms with van der Waals surface area (Å²) in [6, 6.07) is 9.57. The minimum Gasteiger partial charge on any atom is -0.338 e. The second-order valence-electron chi connectivity index (χ2n) is 7.62. The number of thiazole rings is 1. The smallest absolute Gasteiger partial charge is 0.295 e. The summed E-state index contributed by atoms with van der Waals surface area (Å²) in [7, 11) is 1.27. The Kier molecular flexibility index (Phi) is 5.64. The van der Waals surface area contributed by atoms with Crippen molar-refractivity contribution in [1.82, 2.24) is 14.5 Å². The normalized spacial score (nSPS) is 17.8. The highest BCUT2D eigenvalue weighted by atomic mass is 32.1. The Balaban J connectivity index is 1.60. The van der Waals surface area contributed by atoms with Gasteiger partial charge in [0.25, 0.3) is 12.0 Å². The Hall–Kier alpha value is -2.68. The molecule has 1 aliphatic rings. The first kappa shape index (κ1) is 20.6. The summed E-state index contributed by atoms with van der Waals surface area (Å²) < 4.78 is 27.2. The maximum atomic E-state index is 13.2. The summed E-state index contributed by atoms with van der Waals surface area (Å²) in [4.78, 5) is 35.9. The number of ketones is 1. The molecule has 1 saturated heterocycles. The molecular weight excluding hydrogens is 410 g/mol. The molecule has 30 heavy (non-hydrogen) atoms. The maximum absolute atomic E-state index is 13.2. The van der Waals surface area contributed by atoms with Gasteiger partial charge in [0, 0.05) is 20.0 Å². The Morgan fingerprint density at radius 2 is 2.00 bits per heavy atom. The van der Waals surface area contributed by atoms with E-state index in [0.29, 0.717) is 24.5 Å². The van der Waals surface area contributed by atoms with Crippen LogP contribution in [0, 0.1) is 0 Å². The highest BCUT2D eigenvalue weighted by Gasteiger charge is 2.34. The predicted molar refractivity (Wildman–Crippen MR) is 112 cm³/mol. The SMILES string of the molecule is C[C@@H](CC(=O)[C@H]1CCCN1c1nc2c(=O)n(C)c(C(F)F)nc2s1)c1ccccc1. The van der Waals surface area contributed by atoms with Crippen molar-refractivity contribution < 1.29 is 13.6 Å². The van der Waals surface area contributed by atoms with E-state index in [1.54, 1.807) is 0 Å². The molecule has 0 amide bonds. The first-order chi connectivity index (χ1) is 14.4. The summed E-state index contributed by atoms with van der Waals surface area (Å²) >= 11 is 1.09. The minimum absolute atomic E-state index is 0.0673. The fourth-order valence-corrected chi connectivity index (χ4v) is 4.96. The maximum Gasteiger partial charge on any atom is 0.295 e. The quantitative estimate of drug-likeness (QED) is 0.588. The van der Waals surface area contributed by atoms with Gasteiger partial charge in [0.05, 0.1) is 6.04 Å². The molecule has 1 fully saturated rings. The van der Waals surface area contributed by atoms with E-state index >= 15 is 0 Å². The Morgan fingerprint density at radius 3 is 2.70 bits per heavy atom. The molecule has 0 unspecified atom stereocenters. The zero-order chi connectivity index (χ0) is 21.4. The van der Waals surface area contributed by atoms with E-state index in [2.05, 4.69) is 9.97 Å². The van der Waals surface area contributed by atoms with Crippen molar-refractivity contribution in [3.05, 3.63) is 52.1 Å². The zero-order valence-corrected chi connectivity index (χ0v) is 17.5. The fourth-order valence-electron chi connectivity index (χ4n) is 3.94. The van der Waals surface area contributed by atoms with Gasteiger partial charge < -0.3 is 4.90 Å². The molecule has 0 N–H and O–H groups in total. The lowest BCUT2D eigenvalue weighted by molar-refractivity contribution is -0.120. The summed E-state index contributed by atoms with van der Waals surface area (Å²) in [6.07, 6.45) is -0.895. The third-order valence-electron chi connectivity index (χ3n) is 5.61. The fraction of sp³-hybridized carbons (Fsp3) is 0.429. The van der Waals surface area contributed by atoms with E-state index in [0.717, 1.165) is 27.9 Å². The van der Waals surface area contributed by atoms with E-state index in [1.165, 1.54) is 7.05 Å². The number of halogens is 2. The van der Waals surface area contributed by atoms with Gasteiger partial charge in [-0.3, -0.25) is 14.2 Å². The van der Waals surface area contributed by atoms with Gasteiger partial charge in [0.15, 0.2) is 27.1 Å². The average molecular weight is 432 g/mol. The first-order valence-electron chi connectivity index (χ1n) is 9.86. The van der Waals surface area contributed by atoms with Crippen LogP contribution in [0.15, 0.2) is 35.1 Å². The van der Waals surface area contributed by atoms with E-state index in [-0.39, 0.29) is 28.1 Å². The molecule has 0 saturated carbocycles. The molecule has 0 bridgehead atoms. The number of aromatic nitrogens is 3. The van der Waals surface area contributed by atoms with Crippen LogP contribution in [0.5, 0.6) is 0 Å². The van der Waals surface area contributed by atoms with Gasteiger partial charge in [-0.15, -0.1) is 0 Å². The van der Waals surface area contributed by atoms with Crippen molar-refractivity contribution >= 4 is 32.6 Å². The molecule has 9 heteroatoms. The monoisotopic (exact) mass is 432 g/mol. The molecule has 0 spiro atoms. The molecule has 2 aromatic heterocycles. The summed E-state index contributed by atoms with van der Waals surface area (Å²) in [5, 5.41) is 0.490. The van der Waals surface area contributed by atoms with Crippen molar-refractivity contribution in [3.63, 3.8) is 0 Å². The number of rotatable bonds is 6. The number of carbonyl (C=O) groups excluding carboxylic acids is 1. The van der Waals surface area contributed by atoms with Crippen LogP contribution in [-0.4, -0.2) is 32.9 Å². The highest BCUT2D eigenvalue weighted by Crippen LogP contribution is 2.34. The van der Waals surface area contributed by atoms with Crippen LogP contribution < -0.4 is 10.5 Å². The number of carbonyl (C=O) groups is 1. The summed E-state index contributed by atoms with van der Waals surface area (Å²) in [5.74, 6) is -0.357. The van der Waals surface area contributed by atoms with Crippen LogP contribution in [0.4, 0.5) is 13.9 Å². The minimum atomic E-state index is -2.85. The number of alkyl halides is 2. The molecule has 3 aromatic rings. The standard InChI is InChI=1S/C21H22F2N4O2S/c1-12(13-7-4-3-5-8-13)11-15(28)14-9-6-10-27(14)21-24-16-19(30-21)25-18(17(22)23)26(2)20(16)29/h3-5,7-8,12,14,17H,6,9-11H2,1-2H3/t12-,14+/m0/s1. The van der Waals surface area contributed by atoms with Gasteiger partial charge in [-0.2, -0.15) is 0 Å². The second-order valence-corrected chi connectivity index (χ2v) is 8.57. The second kappa shape index (κ2) is 8.22. The van der Waals surface area contributed by atoms with E-state index in [4.69, 9.17) is 0 Å². The number of hydrogen-bond donors (Lipinski definition) is 0. The van der Waals surface area contributed by atoms with E-state index in [9.17, 15) is 18.4 Å². The molecule has 158 valence electrons. The van der Waals surface area contributed by atoms with Crippen LogP contribution in [0.25, 0.3) is 10.3 Å². The molecule has 4 rings (SSSR count). The number of fused-ring (bicyclic) bond motifs is 1. The van der Waals surface area contributed by atoms with Gasteiger partial charge in [-0.25, -0.2) is 18.7 Å². The van der Waals surface area contributed by atoms with Gasteiger partial charge in [0.2, 0.25) is 0 Å². The van der Waals surface area contributed by atoms with Crippen LogP contribution in [-0.2, 0) is 11.8 Å². The zero-order valence-electron chi connectivity index (χ0n) is 16.7. The van der Waals surface area contributed by atoms with Crippen molar-refractivity contribution in [2.24, 2.45) is 7.05 Å². The predicted octanol–water partition coefficient (Wildman–Crippen LogP) is 4.06. The molecule has 1 aliphatic heterocycles. The van der Waals surface area contributed by atoms with Crippen LogP contribution in [0.1, 0.15) is 49.9 Å². The first-order valence-corrected chi connectivity index (χ1v) is 10.7. The number of benzene rings is 1. The van der Waals surface area contributed by atoms with Crippen LogP contribution >= 0.6 is 11.3 Å². The summed E-state index contributed by atoms with van der Waals surface area (Å²) in [5.41, 5.74) is 0.581. The Morgan fingerprint density at radius 1 is 1.27 bits per heavy atom. The van der Waals surface area contributed by atoms with Crippen LogP contribution in [0.3, 0.4) is 0 Å². The third-order valence-corrected chi connectivity index (χ3v) is 6.59. The molecule has 1 aromatic carbocycles. The molecule has 2 atom stereocenters. The van der Waals surface area contributed by atoms with Gasteiger partial charge in [0.1, 0.15) is 0 Å². The summed E-state index contributed by atoms with van der Waals surface area (Å²) in [6.45, 7) is 2.67. The number of hydrogen-bond acceptors (Lipinski definition) is 6. The molecule has 3 heterocycles. The number of nitrogens with zero attached hydrogens (tertiary/aromatic N) is 4. The third kappa shape index (κ3) is 3.74. The van der Waals surface area contributed by atoms with Gasteiger partial charge >= 0.3 is 0 Å². The van der Waals surface area contributed by atoms with E-state index in [1.807, 2.05) is 42.2 Å². The number of Topliss-reactive ketones (excluding diaryl/α,β-unsaturated/α-hetero) is 1. The van der Waals surface area contributed by atoms with Gasteiger partial charge in [-0.05, 0) is 24.3 Å². The number of anilines is 1. The van der Waals surface area contributed by atoms with Crippen molar-refractivity contribution in [2.45, 2.75) is 44.6 Å². The lowest BCUT2D eigenvalue weighted by atomic mass is 9.93. The Labute approximate surface area is 176 Å². The Bertz CT molecular complexity index is 1130. The van der Waals surface area contributed by atoms with Gasteiger partial charge in [-0.1, -0.05) is 48.6 Å². The lowest BCUT2D eigenvalue weighted by Crippen LogP contribution is -2.36. The topological polar surface area (TPSA) is 68.1 Å². The molecule has 0 radical (unpaired) electrons. The highest BCUT2D eigenvalue weighted by molar-refractivity contribution is 7.21. The van der Waals surface area contributed by atoms with E-state index < -0.39 is 17.8 Å². The largest absolute Gasteiger partial charge is 0.338 e. The van der Waals surface area contributed by atoms with Crippen LogP contribution in [0.2, 0.25) is 0 Å². The lowest BCUT2D eigenvalue weighted by Gasteiger charge is -2.24. The van der Waals surface area contributed by atoms with Crippen molar-refractivity contribution in [3.8, 4) is 0 Å².